The number of benzene rings is 1. The molecule has 0 aliphatic carbocycles. The molecule has 0 heterocycles. The Hall–Kier alpha value is -1.77. The summed E-state index contributed by atoms with van der Waals surface area (Å²) < 4.78 is 75.8. The van der Waals surface area contributed by atoms with Gasteiger partial charge in [0.25, 0.3) is 5.91 Å². The summed E-state index contributed by atoms with van der Waals surface area (Å²) in [4.78, 5) is 15.4. The van der Waals surface area contributed by atoms with Crippen molar-refractivity contribution in [3.8, 4) is 0 Å². The number of rotatable bonds is 2. The smallest absolute Gasteiger partial charge is 0.277 e. The van der Waals surface area contributed by atoms with Gasteiger partial charge in [-0.25, -0.2) is 5.48 Å². The van der Waals surface area contributed by atoms with Crippen LogP contribution in [-0.4, -0.2) is 13.0 Å². The van der Waals surface area contributed by atoms with Crippen LogP contribution in [0.1, 0.15) is 21.5 Å². The SMILES string of the molecule is CONC(=O)c1c(C(F)(F)F)cccc1C(F)(F)F. The molecular weight excluding hydrogens is 280 g/mol. The third-order valence-corrected chi connectivity index (χ3v) is 2.10. The van der Waals surface area contributed by atoms with Crippen LogP contribution in [-0.2, 0) is 17.2 Å². The average molecular weight is 287 g/mol. The number of carbonyl (C=O) groups is 1. The van der Waals surface area contributed by atoms with E-state index in [0.29, 0.717) is 18.2 Å². The lowest BCUT2D eigenvalue weighted by Gasteiger charge is -2.17. The van der Waals surface area contributed by atoms with Crippen LogP contribution in [0.5, 0.6) is 0 Å². The number of hydroxylamine groups is 1. The van der Waals surface area contributed by atoms with E-state index in [0.717, 1.165) is 7.11 Å². The van der Waals surface area contributed by atoms with Crippen molar-refractivity contribution in [1.82, 2.24) is 5.48 Å². The molecule has 9 heteroatoms. The fourth-order valence-corrected chi connectivity index (χ4v) is 1.41. The molecule has 1 aromatic rings. The minimum atomic E-state index is -5.10. The highest BCUT2D eigenvalue weighted by molar-refractivity contribution is 5.97. The Bertz CT molecular complexity index is 448. The first-order chi connectivity index (χ1) is 8.59. The Morgan fingerprint density at radius 1 is 1.05 bits per heavy atom. The van der Waals surface area contributed by atoms with Gasteiger partial charge in [-0.15, -0.1) is 0 Å². The van der Waals surface area contributed by atoms with Crippen LogP contribution in [0.2, 0.25) is 0 Å². The summed E-state index contributed by atoms with van der Waals surface area (Å²) in [6, 6.07) is 1.36. The van der Waals surface area contributed by atoms with Crippen molar-refractivity contribution >= 4 is 5.91 Å². The van der Waals surface area contributed by atoms with E-state index < -0.39 is 35.0 Å². The molecule has 106 valence electrons. The zero-order chi connectivity index (χ0) is 14.8. The van der Waals surface area contributed by atoms with Crippen molar-refractivity contribution in [2.24, 2.45) is 0 Å². The lowest BCUT2D eigenvalue weighted by Crippen LogP contribution is -2.28. The summed E-state index contributed by atoms with van der Waals surface area (Å²) in [6.45, 7) is 0. The molecule has 19 heavy (non-hydrogen) atoms. The molecular formula is C10H7F6NO2. The van der Waals surface area contributed by atoms with Gasteiger partial charge in [-0.3, -0.25) is 9.63 Å². The van der Waals surface area contributed by atoms with Gasteiger partial charge < -0.3 is 0 Å². The fourth-order valence-electron chi connectivity index (χ4n) is 1.41. The van der Waals surface area contributed by atoms with Gasteiger partial charge in [-0.2, -0.15) is 26.3 Å². The van der Waals surface area contributed by atoms with Crippen molar-refractivity contribution in [3.05, 3.63) is 34.9 Å². The molecule has 0 fully saturated rings. The number of nitrogens with one attached hydrogen (secondary N) is 1. The molecule has 0 atom stereocenters. The summed E-state index contributed by atoms with van der Waals surface area (Å²) in [7, 11) is 0.890. The van der Waals surface area contributed by atoms with E-state index in [4.69, 9.17) is 0 Å². The first-order valence-corrected chi connectivity index (χ1v) is 4.69. The van der Waals surface area contributed by atoms with Crippen LogP contribution in [0.4, 0.5) is 26.3 Å². The maximum Gasteiger partial charge on any atom is 0.417 e. The second kappa shape index (κ2) is 5.08. The summed E-state index contributed by atoms with van der Waals surface area (Å²) in [5.41, 5.74) is -3.44. The number of carbonyl (C=O) groups excluding carboxylic acids is 1. The molecule has 0 aliphatic heterocycles. The van der Waals surface area contributed by atoms with Crippen LogP contribution in [0.3, 0.4) is 0 Å². The van der Waals surface area contributed by atoms with Crippen molar-refractivity contribution < 1.29 is 36.0 Å². The first kappa shape index (κ1) is 15.3. The van der Waals surface area contributed by atoms with Gasteiger partial charge >= 0.3 is 12.4 Å². The lowest BCUT2D eigenvalue weighted by atomic mass is 9.99. The number of halogens is 6. The molecule has 0 aromatic heterocycles. The van der Waals surface area contributed by atoms with Crippen molar-refractivity contribution in [2.75, 3.05) is 7.11 Å². The Balaban J connectivity index is 3.55. The second-order valence-electron chi connectivity index (χ2n) is 3.36. The highest BCUT2D eigenvalue weighted by Gasteiger charge is 2.42. The molecule has 0 radical (unpaired) electrons. The van der Waals surface area contributed by atoms with Gasteiger partial charge in [0.1, 0.15) is 0 Å². The molecule has 1 rings (SSSR count). The molecule has 3 nitrogen and oxygen atoms in total. The average Bonchev–Trinajstić information content (AvgIpc) is 2.26. The van der Waals surface area contributed by atoms with Gasteiger partial charge in [0.15, 0.2) is 0 Å². The third-order valence-electron chi connectivity index (χ3n) is 2.10. The third kappa shape index (κ3) is 3.37. The van der Waals surface area contributed by atoms with E-state index in [1.165, 1.54) is 5.48 Å². The lowest BCUT2D eigenvalue weighted by molar-refractivity contribution is -0.143. The topological polar surface area (TPSA) is 38.3 Å². The van der Waals surface area contributed by atoms with Gasteiger partial charge in [0.05, 0.1) is 23.8 Å². The molecule has 0 bridgehead atoms. The van der Waals surface area contributed by atoms with E-state index >= 15 is 0 Å². The van der Waals surface area contributed by atoms with Crippen LogP contribution < -0.4 is 5.48 Å². The van der Waals surface area contributed by atoms with E-state index in [1.54, 1.807) is 0 Å². The Morgan fingerprint density at radius 2 is 1.47 bits per heavy atom. The second-order valence-corrected chi connectivity index (χ2v) is 3.36. The molecule has 1 aromatic carbocycles. The van der Waals surface area contributed by atoms with Gasteiger partial charge in [-0.1, -0.05) is 6.07 Å². The van der Waals surface area contributed by atoms with E-state index in [1.807, 2.05) is 0 Å². The highest BCUT2D eigenvalue weighted by atomic mass is 19.4. The number of hydrogen-bond acceptors (Lipinski definition) is 2. The maximum absolute atomic E-state index is 12.6. The van der Waals surface area contributed by atoms with Gasteiger partial charge in [0, 0.05) is 0 Å². The maximum atomic E-state index is 12.6. The van der Waals surface area contributed by atoms with E-state index in [-0.39, 0.29) is 0 Å². The van der Waals surface area contributed by atoms with Crippen LogP contribution in [0.25, 0.3) is 0 Å². The van der Waals surface area contributed by atoms with Gasteiger partial charge in [0.2, 0.25) is 0 Å². The van der Waals surface area contributed by atoms with Crippen LogP contribution >= 0.6 is 0 Å². The molecule has 0 spiro atoms. The van der Waals surface area contributed by atoms with Crippen LogP contribution in [0, 0.1) is 0 Å². The predicted molar refractivity (Wildman–Crippen MR) is 50.9 cm³/mol. The summed E-state index contributed by atoms with van der Waals surface area (Å²) in [6.07, 6.45) is -10.2. The monoisotopic (exact) mass is 287 g/mol. The minimum absolute atomic E-state index is 0.389. The first-order valence-electron chi connectivity index (χ1n) is 4.69. The fraction of sp³-hybridized carbons (Fsp3) is 0.300. The number of amides is 1. The van der Waals surface area contributed by atoms with Crippen molar-refractivity contribution in [2.45, 2.75) is 12.4 Å². The molecule has 1 N–H and O–H groups in total. The minimum Gasteiger partial charge on any atom is -0.277 e. The quantitative estimate of drug-likeness (QED) is 0.670. The molecule has 0 saturated carbocycles. The molecule has 0 aliphatic rings. The zero-order valence-corrected chi connectivity index (χ0v) is 9.32. The summed E-state index contributed by atoms with van der Waals surface area (Å²) in [5, 5.41) is 0. The van der Waals surface area contributed by atoms with E-state index in [9.17, 15) is 31.1 Å². The van der Waals surface area contributed by atoms with Crippen LogP contribution in [0.15, 0.2) is 18.2 Å². The number of hydrogen-bond donors (Lipinski definition) is 1. The summed E-state index contributed by atoms with van der Waals surface area (Å²) in [5.74, 6) is -1.62. The largest absolute Gasteiger partial charge is 0.417 e. The molecule has 1 amide bonds. The van der Waals surface area contributed by atoms with Gasteiger partial charge in [-0.05, 0) is 12.1 Å². The standard InChI is InChI=1S/C10H7F6NO2/c1-19-17-8(18)7-5(9(11,12)13)3-2-4-6(7)10(14,15)16/h2-4H,1H3,(H,17,18). The normalized spacial score (nSPS) is 12.4. The Morgan fingerprint density at radius 3 is 1.79 bits per heavy atom. The predicted octanol–water partition coefficient (Wildman–Crippen LogP) is 3.02. The molecule has 0 saturated heterocycles. The number of alkyl halides is 6. The van der Waals surface area contributed by atoms with Crippen molar-refractivity contribution in [3.63, 3.8) is 0 Å². The zero-order valence-electron chi connectivity index (χ0n) is 9.32. The Labute approximate surface area is 103 Å². The van der Waals surface area contributed by atoms with Crippen molar-refractivity contribution in [1.29, 1.82) is 0 Å². The Kier molecular flexibility index (Phi) is 4.09. The summed E-state index contributed by atoms with van der Waals surface area (Å²) >= 11 is 0. The highest BCUT2D eigenvalue weighted by Crippen LogP contribution is 2.39. The molecule has 0 unspecified atom stereocenters. The van der Waals surface area contributed by atoms with E-state index in [2.05, 4.69) is 4.84 Å².